The van der Waals surface area contributed by atoms with Gasteiger partial charge in [0.2, 0.25) is 0 Å². The normalized spacial score (nSPS) is 15.4. The van der Waals surface area contributed by atoms with Crippen LogP contribution in [0.4, 0.5) is 0 Å². The highest BCUT2D eigenvalue weighted by atomic mass is 14.6. The Bertz CT molecular complexity index is 101. The minimum absolute atomic E-state index is 0.284. The molecule has 0 aliphatic heterocycles. The molecule has 0 rings (SSSR count). The third-order valence-corrected chi connectivity index (χ3v) is 0.948. The Balaban J connectivity index is 3.25. The van der Waals surface area contributed by atoms with Gasteiger partial charge in [0, 0.05) is 6.04 Å². The zero-order chi connectivity index (χ0) is 7.11. The standard InChI is InChI=1S/C8H15N/c1-3-4-5-6-7-8(2)9/h3-6,8H,7,9H2,1-2H3/b4-3+,6-5+. The number of rotatable bonds is 3. The maximum Gasteiger partial charge on any atom is 0.00451 e. The molecule has 0 heterocycles. The summed E-state index contributed by atoms with van der Waals surface area (Å²) < 4.78 is 0. The van der Waals surface area contributed by atoms with Crippen LogP contribution in [0.1, 0.15) is 20.3 Å². The Kier molecular flexibility index (Phi) is 5.23. The first-order valence-corrected chi connectivity index (χ1v) is 3.30. The molecule has 1 unspecified atom stereocenters. The van der Waals surface area contributed by atoms with E-state index in [-0.39, 0.29) is 6.04 Å². The van der Waals surface area contributed by atoms with Gasteiger partial charge in [0.05, 0.1) is 0 Å². The molecule has 0 spiro atoms. The van der Waals surface area contributed by atoms with E-state index >= 15 is 0 Å². The van der Waals surface area contributed by atoms with Crippen LogP contribution in [0.3, 0.4) is 0 Å². The number of nitrogens with two attached hydrogens (primary N) is 1. The highest BCUT2D eigenvalue weighted by Gasteiger charge is 1.84. The smallest absolute Gasteiger partial charge is 0.00451 e. The summed E-state index contributed by atoms with van der Waals surface area (Å²) in [5.41, 5.74) is 5.50. The van der Waals surface area contributed by atoms with Crippen LogP contribution in [0.25, 0.3) is 0 Å². The van der Waals surface area contributed by atoms with Crippen molar-refractivity contribution in [2.45, 2.75) is 26.3 Å². The van der Waals surface area contributed by atoms with Crippen LogP contribution in [0, 0.1) is 0 Å². The van der Waals surface area contributed by atoms with Crippen LogP contribution in [-0.2, 0) is 0 Å². The zero-order valence-corrected chi connectivity index (χ0v) is 6.17. The van der Waals surface area contributed by atoms with Crippen molar-refractivity contribution in [2.75, 3.05) is 0 Å². The largest absolute Gasteiger partial charge is 0.328 e. The van der Waals surface area contributed by atoms with Crippen LogP contribution < -0.4 is 5.73 Å². The maximum atomic E-state index is 5.50. The van der Waals surface area contributed by atoms with Crippen LogP contribution in [-0.4, -0.2) is 6.04 Å². The lowest BCUT2D eigenvalue weighted by molar-refractivity contribution is 0.757. The van der Waals surface area contributed by atoms with E-state index in [2.05, 4.69) is 6.08 Å². The Hall–Kier alpha value is -0.560. The van der Waals surface area contributed by atoms with E-state index in [1.165, 1.54) is 0 Å². The molecule has 0 saturated carbocycles. The number of hydrogen-bond donors (Lipinski definition) is 1. The van der Waals surface area contributed by atoms with Gasteiger partial charge in [0.25, 0.3) is 0 Å². The topological polar surface area (TPSA) is 26.0 Å². The highest BCUT2D eigenvalue weighted by Crippen LogP contribution is 1.87. The summed E-state index contributed by atoms with van der Waals surface area (Å²) in [6.07, 6.45) is 9.05. The molecule has 0 aliphatic rings. The third kappa shape index (κ3) is 7.44. The second kappa shape index (κ2) is 5.57. The minimum Gasteiger partial charge on any atom is -0.328 e. The average Bonchev–Trinajstić information content (AvgIpc) is 1.80. The second-order valence-electron chi connectivity index (χ2n) is 2.17. The molecule has 9 heavy (non-hydrogen) atoms. The highest BCUT2D eigenvalue weighted by molar-refractivity contribution is 5.01. The molecule has 0 bridgehead atoms. The van der Waals surface area contributed by atoms with Gasteiger partial charge >= 0.3 is 0 Å². The molecule has 1 atom stereocenters. The van der Waals surface area contributed by atoms with Crippen LogP contribution in [0.5, 0.6) is 0 Å². The first kappa shape index (κ1) is 8.44. The third-order valence-electron chi connectivity index (χ3n) is 0.948. The van der Waals surface area contributed by atoms with Crippen molar-refractivity contribution < 1.29 is 0 Å². The van der Waals surface area contributed by atoms with Crippen molar-refractivity contribution in [3.8, 4) is 0 Å². The van der Waals surface area contributed by atoms with Crippen molar-refractivity contribution in [1.29, 1.82) is 0 Å². The average molecular weight is 125 g/mol. The molecular weight excluding hydrogens is 110 g/mol. The van der Waals surface area contributed by atoms with Crippen molar-refractivity contribution >= 4 is 0 Å². The lowest BCUT2D eigenvalue weighted by atomic mass is 10.2. The lowest BCUT2D eigenvalue weighted by Crippen LogP contribution is -2.12. The molecule has 1 nitrogen and oxygen atoms in total. The fraction of sp³-hybridized carbons (Fsp3) is 0.500. The molecule has 0 aromatic rings. The molecule has 0 saturated heterocycles. The Morgan fingerprint density at radius 1 is 1.44 bits per heavy atom. The number of hydrogen-bond acceptors (Lipinski definition) is 1. The van der Waals surface area contributed by atoms with E-state index in [0.717, 1.165) is 6.42 Å². The molecule has 2 N–H and O–H groups in total. The SMILES string of the molecule is C/C=C/C=C/CC(C)N. The van der Waals surface area contributed by atoms with Crippen LogP contribution >= 0.6 is 0 Å². The van der Waals surface area contributed by atoms with Gasteiger partial charge in [-0.1, -0.05) is 24.3 Å². The van der Waals surface area contributed by atoms with Crippen LogP contribution in [0.2, 0.25) is 0 Å². The summed E-state index contributed by atoms with van der Waals surface area (Å²) in [5.74, 6) is 0. The van der Waals surface area contributed by atoms with Crippen molar-refractivity contribution in [3.05, 3.63) is 24.3 Å². The van der Waals surface area contributed by atoms with Gasteiger partial charge < -0.3 is 5.73 Å². The molecular formula is C8H15N. The molecule has 1 heteroatoms. The van der Waals surface area contributed by atoms with Crippen LogP contribution in [0.15, 0.2) is 24.3 Å². The molecule has 0 radical (unpaired) electrons. The van der Waals surface area contributed by atoms with Crippen molar-refractivity contribution in [2.24, 2.45) is 5.73 Å². The van der Waals surface area contributed by atoms with Crippen molar-refractivity contribution in [1.82, 2.24) is 0 Å². The van der Waals surface area contributed by atoms with E-state index in [9.17, 15) is 0 Å². The molecule has 52 valence electrons. The summed E-state index contributed by atoms with van der Waals surface area (Å²) >= 11 is 0. The van der Waals surface area contributed by atoms with E-state index in [4.69, 9.17) is 5.73 Å². The van der Waals surface area contributed by atoms with E-state index in [1.54, 1.807) is 0 Å². The fourth-order valence-electron chi connectivity index (χ4n) is 0.483. The fourth-order valence-corrected chi connectivity index (χ4v) is 0.483. The molecule has 0 amide bonds. The van der Waals surface area contributed by atoms with Gasteiger partial charge in [0.1, 0.15) is 0 Å². The predicted molar refractivity (Wildman–Crippen MR) is 42.2 cm³/mol. The van der Waals surface area contributed by atoms with Gasteiger partial charge in [-0.05, 0) is 20.3 Å². The van der Waals surface area contributed by atoms with Crippen molar-refractivity contribution in [3.63, 3.8) is 0 Å². The van der Waals surface area contributed by atoms with Gasteiger partial charge in [0.15, 0.2) is 0 Å². The lowest BCUT2D eigenvalue weighted by Gasteiger charge is -1.95. The van der Waals surface area contributed by atoms with E-state index in [1.807, 2.05) is 32.1 Å². The first-order chi connectivity index (χ1) is 4.27. The summed E-state index contributed by atoms with van der Waals surface area (Å²) in [6, 6.07) is 0.284. The number of allylic oxidation sites excluding steroid dienone is 3. The van der Waals surface area contributed by atoms with E-state index < -0.39 is 0 Å². The molecule has 0 aliphatic carbocycles. The zero-order valence-electron chi connectivity index (χ0n) is 6.17. The monoisotopic (exact) mass is 125 g/mol. The predicted octanol–water partition coefficient (Wildman–Crippen LogP) is 1.86. The minimum atomic E-state index is 0.284. The Morgan fingerprint density at radius 3 is 2.56 bits per heavy atom. The Labute approximate surface area is 57.3 Å². The van der Waals surface area contributed by atoms with Gasteiger partial charge in [-0.15, -0.1) is 0 Å². The van der Waals surface area contributed by atoms with Gasteiger partial charge in [-0.3, -0.25) is 0 Å². The second-order valence-corrected chi connectivity index (χ2v) is 2.17. The van der Waals surface area contributed by atoms with Gasteiger partial charge in [-0.2, -0.15) is 0 Å². The molecule has 0 aromatic carbocycles. The first-order valence-electron chi connectivity index (χ1n) is 3.30. The maximum absolute atomic E-state index is 5.50. The molecule has 0 fully saturated rings. The summed E-state index contributed by atoms with van der Waals surface area (Å²) in [7, 11) is 0. The quantitative estimate of drug-likeness (QED) is 0.572. The Morgan fingerprint density at radius 2 is 2.11 bits per heavy atom. The van der Waals surface area contributed by atoms with E-state index in [0.29, 0.717) is 0 Å². The summed E-state index contributed by atoms with van der Waals surface area (Å²) in [4.78, 5) is 0. The summed E-state index contributed by atoms with van der Waals surface area (Å²) in [6.45, 7) is 4.00. The van der Waals surface area contributed by atoms with Gasteiger partial charge in [-0.25, -0.2) is 0 Å². The molecule has 0 aromatic heterocycles. The summed E-state index contributed by atoms with van der Waals surface area (Å²) in [5, 5.41) is 0.